The van der Waals surface area contributed by atoms with Gasteiger partial charge < -0.3 is 10.6 Å². The van der Waals surface area contributed by atoms with Crippen LogP contribution in [0.15, 0.2) is 30.6 Å². The van der Waals surface area contributed by atoms with E-state index in [0.29, 0.717) is 6.54 Å². The maximum atomic E-state index is 12.0. The van der Waals surface area contributed by atoms with Crippen molar-refractivity contribution in [2.75, 3.05) is 0 Å². The lowest BCUT2D eigenvalue weighted by atomic mass is 9.89. The minimum Gasteiger partial charge on any atom is -0.334 e. The lowest BCUT2D eigenvalue weighted by Gasteiger charge is -2.20. The molecule has 5 heteroatoms. The van der Waals surface area contributed by atoms with E-state index >= 15 is 0 Å². The molecule has 2 amide bonds. The summed E-state index contributed by atoms with van der Waals surface area (Å²) in [6.45, 7) is 2.50. The lowest BCUT2D eigenvalue weighted by molar-refractivity contribution is 0.237. The van der Waals surface area contributed by atoms with E-state index in [2.05, 4.69) is 33.9 Å². The van der Waals surface area contributed by atoms with Gasteiger partial charge in [0.15, 0.2) is 0 Å². The van der Waals surface area contributed by atoms with Crippen LogP contribution in [0.3, 0.4) is 0 Å². The van der Waals surface area contributed by atoms with E-state index in [1.54, 1.807) is 10.9 Å². The molecule has 0 fully saturated rings. The van der Waals surface area contributed by atoms with E-state index in [4.69, 9.17) is 0 Å². The summed E-state index contributed by atoms with van der Waals surface area (Å²) in [7, 11) is 1.86. The molecule has 0 radical (unpaired) electrons. The first-order chi connectivity index (χ1) is 11.1. The predicted molar refractivity (Wildman–Crippen MR) is 90.1 cm³/mol. The van der Waals surface area contributed by atoms with Gasteiger partial charge >= 0.3 is 6.03 Å². The van der Waals surface area contributed by atoms with Crippen LogP contribution >= 0.6 is 0 Å². The maximum absolute atomic E-state index is 12.0. The molecule has 5 nitrogen and oxygen atoms in total. The molecule has 23 heavy (non-hydrogen) atoms. The van der Waals surface area contributed by atoms with E-state index in [9.17, 15) is 4.79 Å². The molecule has 0 saturated carbocycles. The number of benzene rings is 1. The molecule has 0 spiro atoms. The Balaban J connectivity index is 1.55. The fraction of sp³-hybridized carbons (Fsp3) is 0.444. The highest BCUT2D eigenvalue weighted by molar-refractivity contribution is 5.74. The third-order valence-electron chi connectivity index (χ3n) is 4.43. The molecule has 2 aromatic rings. The van der Waals surface area contributed by atoms with E-state index in [1.807, 2.05) is 20.2 Å². The summed E-state index contributed by atoms with van der Waals surface area (Å²) in [4.78, 5) is 12.0. The highest BCUT2D eigenvalue weighted by Crippen LogP contribution is 2.24. The Morgan fingerprint density at radius 2 is 2.09 bits per heavy atom. The Bertz CT molecular complexity index is 692. The molecule has 1 aromatic carbocycles. The van der Waals surface area contributed by atoms with Gasteiger partial charge in [-0.3, -0.25) is 4.68 Å². The molecule has 0 bridgehead atoms. The molecule has 122 valence electrons. The number of rotatable bonds is 4. The average molecular weight is 312 g/mol. The number of nitrogens with zero attached hydrogens (tertiary/aromatic N) is 2. The Morgan fingerprint density at radius 3 is 2.83 bits per heavy atom. The van der Waals surface area contributed by atoms with Crippen molar-refractivity contribution in [1.82, 2.24) is 20.4 Å². The first kappa shape index (κ1) is 15.6. The van der Waals surface area contributed by atoms with Gasteiger partial charge in [-0.15, -0.1) is 0 Å². The zero-order valence-corrected chi connectivity index (χ0v) is 13.8. The van der Waals surface area contributed by atoms with Crippen molar-refractivity contribution in [2.24, 2.45) is 7.05 Å². The van der Waals surface area contributed by atoms with Crippen molar-refractivity contribution in [3.63, 3.8) is 0 Å². The fourth-order valence-electron chi connectivity index (χ4n) is 3.10. The molecule has 1 aliphatic rings. The van der Waals surface area contributed by atoms with Crippen LogP contribution in [0.5, 0.6) is 0 Å². The van der Waals surface area contributed by atoms with Crippen LogP contribution in [0.1, 0.15) is 48.1 Å². The maximum Gasteiger partial charge on any atom is 0.315 e. The third-order valence-corrected chi connectivity index (χ3v) is 4.43. The van der Waals surface area contributed by atoms with Crippen molar-refractivity contribution < 1.29 is 4.79 Å². The molecule has 1 aliphatic carbocycles. The summed E-state index contributed by atoms with van der Waals surface area (Å²) in [5, 5.41) is 9.96. The quantitative estimate of drug-likeness (QED) is 0.912. The fourth-order valence-corrected chi connectivity index (χ4v) is 3.10. The van der Waals surface area contributed by atoms with Crippen LogP contribution in [0.2, 0.25) is 0 Å². The van der Waals surface area contributed by atoms with Crippen molar-refractivity contribution in [3.05, 3.63) is 52.8 Å². The van der Waals surface area contributed by atoms with Crippen LogP contribution in [-0.4, -0.2) is 15.8 Å². The molecule has 0 saturated heterocycles. The first-order valence-electron chi connectivity index (χ1n) is 8.25. The van der Waals surface area contributed by atoms with Gasteiger partial charge in [0.05, 0.1) is 12.2 Å². The van der Waals surface area contributed by atoms with Crippen molar-refractivity contribution in [3.8, 4) is 0 Å². The Labute approximate surface area is 137 Å². The number of urea groups is 1. The summed E-state index contributed by atoms with van der Waals surface area (Å²) in [6, 6.07) is 6.45. The van der Waals surface area contributed by atoms with Gasteiger partial charge in [-0.05, 0) is 49.3 Å². The highest BCUT2D eigenvalue weighted by atomic mass is 16.2. The molecule has 2 N–H and O–H groups in total. The number of nitrogens with one attached hydrogen (secondary N) is 2. The summed E-state index contributed by atoms with van der Waals surface area (Å²) in [5.41, 5.74) is 5.07. The number of aryl methyl sites for hydroxylation is 3. The summed E-state index contributed by atoms with van der Waals surface area (Å²) < 4.78 is 1.73. The van der Waals surface area contributed by atoms with Gasteiger partial charge in [0, 0.05) is 25.4 Å². The Morgan fingerprint density at radius 1 is 1.30 bits per heavy atom. The first-order valence-corrected chi connectivity index (χ1v) is 8.25. The lowest BCUT2D eigenvalue weighted by Crippen LogP contribution is -2.36. The second-order valence-electron chi connectivity index (χ2n) is 6.31. The van der Waals surface area contributed by atoms with Gasteiger partial charge in [0.2, 0.25) is 0 Å². The third kappa shape index (κ3) is 3.92. The standard InChI is InChI=1S/C18H24N4O/c1-13(16-8-7-15-5-3-4-6-17(15)9-16)21-18(23)19-10-14-11-20-22(2)12-14/h7-9,11-13H,3-6,10H2,1-2H3,(H2,19,21,23)/t13-/m1/s1. The van der Waals surface area contributed by atoms with Crippen LogP contribution < -0.4 is 10.6 Å². The van der Waals surface area contributed by atoms with Gasteiger partial charge in [-0.25, -0.2) is 4.79 Å². The second kappa shape index (κ2) is 6.86. The van der Waals surface area contributed by atoms with Gasteiger partial charge in [0.1, 0.15) is 0 Å². The summed E-state index contributed by atoms with van der Waals surface area (Å²) in [6.07, 6.45) is 8.55. The smallest absolute Gasteiger partial charge is 0.315 e. The van der Waals surface area contributed by atoms with Gasteiger partial charge in [-0.1, -0.05) is 18.2 Å². The van der Waals surface area contributed by atoms with Gasteiger partial charge in [0.25, 0.3) is 0 Å². The van der Waals surface area contributed by atoms with E-state index in [1.165, 1.54) is 36.0 Å². The predicted octanol–water partition coefficient (Wildman–Crippen LogP) is 2.86. The topological polar surface area (TPSA) is 59.0 Å². The zero-order valence-electron chi connectivity index (χ0n) is 13.8. The molecule has 1 atom stereocenters. The van der Waals surface area contributed by atoms with E-state index in [-0.39, 0.29) is 12.1 Å². The van der Waals surface area contributed by atoms with E-state index in [0.717, 1.165) is 12.0 Å². The molecule has 0 aliphatic heterocycles. The number of hydrogen-bond acceptors (Lipinski definition) is 2. The number of carbonyl (C=O) groups is 1. The van der Waals surface area contributed by atoms with Crippen molar-refractivity contribution in [1.29, 1.82) is 0 Å². The Hall–Kier alpha value is -2.30. The number of amides is 2. The molecular weight excluding hydrogens is 288 g/mol. The number of fused-ring (bicyclic) bond motifs is 1. The molecular formula is C18H24N4O. The normalized spacial score (nSPS) is 14.9. The second-order valence-corrected chi connectivity index (χ2v) is 6.31. The SMILES string of the molecule is C[C@@H](NC(=O)NCc1cnn(C)c1)c1ccc2c(c1)CCCC2. The minimum atomic E-state index is -0.154. The van der Waals surface area contributed by atoms with Crippen molar-refractivity contribution >= 4 is 6.03 Å². The monoisotopic (exact) mass is 312 g/mol. The van der Waals surface area contributed by atoms with Crippen LogP contribution in [0.4, 0.5) is 4.79 Å². The minimum absolute atomic E-state index is 0.00359. The molecule has 0 unspecified atom stereocenters. The number of carbonyl (C=O) groups excluding carboxylic acids is 1. The average Bonchev–Trinajstić information content (AvgIpc) is 2.98. The van der Waals surface area contributed by atoms with Crippen molar-refractivity contribution in [2.45, 2.75) is 45.2 Å². The largest absolute Gasteiger partial charge is 0.334 e. The summed E-state index contributed by atoms with van der Waals surface area (Å²) in [5.74, 6) is 0. The number of aromatic nitrogens is 2. The van der Waals surface area contributed by atoms with Crippen LogP contribution in [-0.2, 0) is 26.4 Å². The summed E-state index contributed by atoms with van der Waals surface area (Å²) >= 11 is 0. The highest BCUT2D eigenvalue weighted by Gasteiger charge is 2.14. The molecule has 1 aromatic heterocycles. The number of hydrogen-bond donors (Lipinski definition) is 2. The van der Waals surface area contributed by atoms with E-state index < -0.39 is 0 Å². The van der Waals surface area contributed by atoms with Crippen LogP contribution in [0.25, 0.3) is 0 Å². The molecule has 3 rings (SSSR count). The zero-order chi connectivity index (χ0) is 16.2. The van der Waals surface area contributed by atoms with Crippen LogP contribution in [0, 0.1) is 0 Å². The van der Waals surface area contributed by atoms with Gasteiger partial charge in [-0.2, -0.15) is 5.10 Å². The molecule has 1 heterocycles. The Kier molecular flexibility index (Phi) is 4.65.